The van der Waals surface area contributed by atoms with Gasteiger partial charge in [-0.15, -0.1) is 23.2 Å². The molecule has 1 fully saturated rings. The molecule has 1 heterocycles. The molecule has 0 saturated heterocycles. The second kappa shape index (κ2) is 11.3. The molecule has 4 aromatic rings. The molecule has 3 aromatic carbocycles. The Balaban J connectivity index is 1.31. The first kappa shape index (κ1) is 28.8. The third-order valence-corrected chi connectivity index (χ3v) is 8.37. The monoisotopic (exact) mass is 636 g/mol. The summed E-state index contributed by atoms with van der Waals surface area (Å²) in [6.07, 6.45) is 0.0552. The van der Waals surface area contributed by atoms with Crippen molar-refractivity contribution in [3.05, 3.63) is 98.1 Å². The summed E-state index contributed by atoms with van der Waals surface area (Å²) in [5.74, 6) is -2.37. The maximum atomic E-state index is 13.2. The minimum atomic E-state index is -1.34. The summed E-state index contributed by atoms with van der Waals surface area (Å²) in [7, 11) is 0. The van der Waals surface area contributed by atoms with E-state index < -0.39 is 28.0 Å². The third-order valence-electron chi connectivity index (χ3n) is 6.66. The smallest absolute Gasteiger partial charge is 0.354 e. The first-order chi connectivity index (χ1) is 19.0. The SMILES string of the molecule is CCOC(=O)c1cc2cc(CC(=O)c3cc(NC(=O)C4C(c5cc(Cl)cc(Cl)c5)C4(Cl)Cl)ccc3Cl)ccc2[nH]1. The van der Waals surface area contributed by atoms with E-state index in [0.29, 0.717) is 27.0 Å². The molecular formula is C29H21Cl5N2O4. The Kier molecular flexibility index (Phi) is 8.10. The standard InChI is InChI=1S/C29H21Cl5N2O4/c1-2-40-28(39)23-11-15-7-14(3-6-22(15)36-23)8-24(37)20-13-19(4-5-21(20)32)35-27(38)26-25(29(26,33)34)16-9-17(30)12-18(31)10-16/h3-7,9-13,25-26,36H,2,8H2,1H3,(H,35,38). The van der Waals surface area contributed by atoms with Crippen molar-refractivity contribution >= 4 is 92.3 Å². The van der Waals surface area contributed by atoms with Gasteiger partial charge in [0.15, 0.2) is 5.78 Å². The molecule has 1 aromatic heterocycles. The van der Waals surface area contributed by atoms with Crippen LogP contribution >= 0.6 is 58.0 Å². The number of ketones is 1. The topological polar surface area (TPSA) is 88.3 Å². The van der Waals surface area contributed by atoms with Gasteiger partial charge in [-0.25, -0.2) is 4.79 Å². The summed E-state index contributed by atoms with van der Waals surface area (Å²) in [5, 5.41) is 4.63. The quantitative estimate of drug-likeness (QED) is 0.116. The van der Waals surface area contributed by atoms with Crippen LogP contribution in [0.3, 0.4) is 0 Å². The van der Waals surface area contributed by atoms with Crippen LogP contribution in [0, 0.1) is 5.92 Å². The number of anilines is 1. The van der Waals surface area contributed by atoms with Crippen LogP contribution in [0.4, 0.5) is 5.69 Å². The highest BCUT2D eigenvalue weighted by Crippen LogP contribution is 2.65. The van der Waals surface area contributed by atoms with E-state index in [1.807, 2.05) is 6.07 Å². The number of fused-ring (bicyclic) bond motifs is 1. The lowest BCUT2D eigenvalue weighted by Gasteiger charge is -2.09. The lowest BCUT2D eigenvalue weighted by atomic mass is 10.0. The van der Waals surface area contributed by atoms with Crippen LogP contribution in [0.25, 0.3) is 10.9 Å². The van der Waals surface area contributed by atoms with Gasteiger partial charge in [-0.3, -0.25) is 9.59 Å². The molecule has 5 rings (SSSR count). The van der Waals surface area contributed by atoms with Gasteiger partial charge in [0.1, 0.15) is 10.0 Å². The van der Waals surface area contributed by atoms with Crippen LogP contribution in [0.15, 0.2) is 60.7 Å². The molecular weight excluding hydrogens is 618 g/mol. The van der Waals surface area contributed by atoms with E-state index in [2.05, 4.69) is 10.3 Å². The van der Waals surface area contributed by atoms with Crippen molar-refractivity contribution in [2.45, 2.75) is 23.6 Å². The summed E-state index contributed by atoms with van der Waals surface area (Å²) < 4.78 is 3.70. The number of nitrogens with one attached hydrogen (secondary N) is 2. The molecule has 1 aliphatic carbocycles. The van der Waals surface area contributed by atoms with Crippen molar-refractivity contribution in [2.24, 2.45) is 5.92 Å². The number of halogens is 5. The Morgan fingerprint density at radius 1 is 0.950 bits per heavy atom. The normalized spacial score (nSPS) is 17.4. The molecule has 2 unspecified atom stereocenters. The van der Waals surface area contributed by atoms with Gasteiger partial charge in [-0.2, -0.15) is 0 Å². The number of carbonyl (C=O) groups excluding carboxylic acids is 3. The fourth-order valence-electron chi connectivity index (χ4n) is 4.75. The molecule has 0 radical (unpaired) electrons. The van der Waals surface area contributed by atoms with E-state index in [4.69, 9.17) is 62.7 Å². The molecule has 6 nitrogen and oxygen atoms in total. The van der Waals surface area contributed by atoms with Gasteiger partial charge in [-0.05, 0) is 72.6 Å². The Hall–Kier alpha value is -2.74. The summed E-state index contributed by atoms with van der Waals surface area (Å²) in [6.45, 7) is 2.00. The number of amides is 1. The fraction of sp³-hybridized carbons (Fsp3) is 0.207. The molecule has 0 spiro atoms. The van der Waals surface area contributed by atoms with E-state index in [1.165, 1.54) is 6.07 Å². The number of alkyl halides is 2. The van der Waals surface area contributed by atoms with Gasteiger partial charge in [0.25, 0.3) is 0 Å². The van der Waals surface area contributed by atoms with Gasteiger partial charge in [0.05, 0.1) is 17.5 Å². The average Bonchev–Trinajstić information content (AvgIpc) is 3.23. The lowest BCUT2D eigenvalue weighted by Crippen LogP contribution is -2.17. The van der Waals surface area contributed by atoms with Gasteiger partial charge < -0.3 is 15.0 Å². The van der Waals surface area contributed by atoms with Crippen LogP contribution in [0.5, 0.6) is 0 Å². The highest BCUT2D eigenvalue weighted by atomic mass is 35.5. The minimum Gasteiger partial charge on any atom is -0.461 e. The van der Waals surface area contributed by atoms with Gasteiger partial charge in [-0.1, -0.05) is 40.9 Å². The Morgan fingerprint density at radius 3 is 2.38 bits per heavy atom. The fourth-order valence-corrected chi connectivity index (χ4v) is 6.34. The van der Waals surface area contributed by atoms with E-state index >= 15 is 0 Å². The van der Waals surface area contributed by atoms with Crippen LogP contribution in [0.1, 0.15) is 44.8 Å². The molecule has 1 aliphatic rings. The van der Waals surface area contributed by atoms with Crippen molar-refractivity contribution in [1.29, 1.82) is 0 Å². The van der Waals surface area contributed by atoms with Crippen molar-refractivity contribution in [2.75, 3.05) is 11.9 Å². The van der Waals surface area contributed by atoms with E-state index in [1.54, 1.807) is 55.5 Å². The number of benzene rings is 3. The number of aromatic nitrogens is 1. The lowest BCUT2D eigenvalue weighted by molar-refractivity contribution is -0.117. The third kappa shape index (κ3) is 5.83. The number of aromatic amines is 1. The molecule has 0 bridgehead atoms. The largest absolute Gasteiger partial charge is 0.461 e. The predicted molar refractivity (Wildman–Crippen MR) is 160 cm³/mol. The molecule has 206 valence electrons. The van der Waals surface area contributed by atoms with E-state index in [0.717, 1.165) is 16.5 Å². The van der Waals surface area contributed by atoms with Crippen molar-refractivity contribution in [1.82, 2.24) is 4.98 Å². The number of carbonyl (C=O) groups is 3. The van der Waals surface area contributed by atoms with Crippen molar-refractivity contribution in [3.63, 3.8) is 0 Å². The summed E-state index contributed by atoms with van der Waals surface area (Å²) >= 11 is 31.5. The highest BCUT2D eigenvalue weighted by Gasteiger charge is 2.67. The van der Waals surface area contributed by atoms with Gasteiger partial charge >= 0.3 is 5.97 Å². The molecule has 2 atom stereocenters. The van der Waals surface area contributed by atoms with E-state index in [9.17, 15) is 14.4 Å². The predicted octanol–water partition coefficient (Wildman–Crippen LogP) is 8.26. The number of H-pyrrole nitrogens is 1. The molecule has 1 saturated carbocycles. The number of hydrogen-bond donors (Lipinski definition) is 2. The minimum absolute atomic E-state index is 0.0552. The molecule has 1 amide bonds. The number of hydrogen-bond acceptors (Lipinski definition) is 4. The maximum Gasteiger partial charge on any atom is 0.354 e. The zero-order chi connectivity index (χ0) is 28.8. The van der Waals surface area contributed by atoms with Crippen LogP contribution in [-0.2, 0) is 16.0 Å². The second-order valence-electron chi connectivity index (χ2n) is 9.44. The first-order valence-corrected chi connectivity index (χ1v) is 14.1. The van der Waals surface area contributed by atoms with Crippen molar-refractivity contribution < 1.29 is 19.1 Å². The van der Waals surface area contributed by atoms with Crippen LogP contribution < -0.4 is 5.32 Å². The zero-order valence-corrected chi connectivity index (χ0v) is 24.6. The summed E-state index contributed by atoms with van der Waals surface area (Å²) in [5.41, 5.74) is 3.08. The Morgan fingerprint density at radius 2 is 1.68 bits per heavy atom. The summed E-state index contributed by atoms with van der Waals surface area (Å²) in [6, 6.07) is 16.7. The average molecular weight is 639 g/mol. The second-order valence-corrected chi connectivity index (χ2v) is 12.2. The molecule has 11 heteroatoms. The highest BCUT2D eigenvalue weighted by molar-refractivity contribution is 6.53. The van der Waals surface area contributed by atoms with Gasteiger partial charge in [0, 0.05) is 44.5 Å². The number of ether oxygens (including phenoxy) is 1. The first-order valence-electron chi connectivity index (χ1n) is 12.2. The molecule has 40 heavy (non-hydrogen) atoms. The van der Waals surface area contributed by atoms with Crippen LogP contribution in [0.2, 0.25) is 15.1 Å². The number of rotatable bonds is 8. The van der Waals surface area contributed by atoms with E-state index in [-0.39, 0.29) is 29.4 Å². The molecule has 0 aliphatic heterocycles. The zero-order valence-electron chi connectivity index (χ0n) is 20.9. The Labute approximate surface area is 254 Å². The van der Waals surface area contributed by atoms with Gasteiger partial charge in [0.2, 0.25) is 5.91 Å². The number of esters is 1. The summed E-state index contributed by atoms with van der Waals surface area (Å²) in [4.78, 5) is 41.4. The molecule has 2 N–H and O–H groups in total. The van der Waals surface area contributed by atoms with Crippen LogP contribution in [-0.4, -0.2) is 33.6 Å². The Bertz CT molecular complexity index is 1650. The number of Topliss-reactive ketones (excluding diaryl/α,β-unsaturated/α-hetero) is 1. The van der Waals surface area contributed by atoms with Crippen molar-refractivity contribution in [3.8, 4) is 0 Å². The maximum absolute atomic E-state index is 13.2.